The van der Waals surface area contributed by atoms with Crippen LogP contribution in [-0.2, 0) is 6.18 Å². The molecule has 0 fully saturated rings. The highest BCUT2D eigenvalue weighted by molar-refractivity contribution is 5.77. The minimum Gasteiger partial charge on any atom is -0.358 e. The van der Waals surface area contributed by atoms with Gasteiger partial charge in [-0.05, 0) is 11.6 Å². The van der Waals surface area contributed by atoms with Crippen LogP contribution in [0.2, 0.25) is 0 Å². The molecule has 118 valence electrons. The highest BCUT2D eigenvalue weighted by Crippen LogP contribution is 2.29. The summed E-state index contributed by atoms with van der Waals surface area (Å²) in [6.07, 6.45) is -3.41. The van der Waals surface area contributed by atoms with Gasteiger partial charge >= 0.3 is 6.18 Å². The zero-order valence-electron chi connectivity index (χ0n) is 11.9. The molecule has 3 aromatic rings. The molecule has 0 amide bonds. The zero-order valence-corrected chi connectivity index (χ0v) is 11.9. The second-order valence-corrected chi connectivity index (χ2v) is 4.74. The second-order valence-electron chi connectivity index (χ2n) is 4.74. The quantitative estimate of drug-likeness (QED) is 0.789. The summed E-state index contributed by atoms with van der Waals surface area (Å²) in [5.74, 6) is 0.117. The summed E-state index contributed by atoms with van der Waals surface area (Å²) in [6.45, 7) is 0. The molecule has 0 saturated carbocycles. The fourth-order valence-electron chi connectivity index (χ4n) is 2.26. The van der Waals surface area contributed by atoms with Gasteiger partial charge in [0.1, 0.15) is 5.69 Å². The molecular weight excluding hydrogens is 309 g/mol. The maximum Gasteiger partial charge on any atom is 0.433 e. The Balaban J connectivity index is 2.43. The number of nitrogens with one attached hydrogen (secondary N) is 1. The number of anilines is 1. The number of hydrogen-bond acceptors (Lipinski definition) is 4. The standard InChI is InChI=1S/C15H11F3N4O/c1-19-14-21-13(23)11(9-5-3-2-4-6-9)12-20-10(15(16,17)18)7-8-22(12)14/h2-8H,1H3,(H,19,21,23). The highest BCUT2D eigenvalue weighted by Gasteiger charge is 2.33. The van der Waals surface area contributed by atoms with Gasteiger partial charge in [-0.2, -0.15) is 18.2 Å². The fourth-order valence-corrected chi connectivity index (χ4v) is 2.26. The summed E-state index contributed by atoms with van der Waals surface area (Å²) in [5, 5.41) is 2.68. The van der Waals surface area contributed by atoms with Crippen LogP contribution in [0.15, 0.2) is 47.4 Å². The first-order valence-corrected chi connectivity index (χ1v) is 6.65. The number of alkyl halides is 3. The lowest BCUT2D eigenvalue weighted by atomic mass is 10.1. The van der Waals surface area contributed by atoms with Crippen molar-refractivity contribution < 1.29 is 13.2 Å². The van der Waals surface area contributed by atoms with Crippen LogP contribution in [0.4, 0.5) is 19.1 Å². The summed E-state index contributed by atoms with van der Waals surface area (Å²) in [6, 6.07) is 9.20. The molecule has 1 N–H and O–H groups in total. The van der Waals surface area contributed by atoms with E-state index in [4.69, 9.17) is 0 Å². The SMILES string of the molecule is CNc1nc(=O)c(-c2ccccc2)c2nc(C(F)(F)F)ccn12. The van der Waals surface area contributed by atoms with Gasteiger partial charge in [0.2, 0.25) is 5.95 Å². The van der Waals surface area contributed by atoms with Crippen LogP contribution >= 0.6 is 0 Å². The molecule has 1 aromatic carbocycles. The van der Waals surface area contributed by atoms with Gasteiger partial charge < -0.3 is 5.32 Å². The maximum absolute atomic E-state index is 13.0. The number of rotatable bonds is 2. The number of nitrogens with zero attached hydrogens (tertiary/aromatic N) is 3. The van der Waals surface area contributed by atoms with E-state index in [9.17, 15) is 18.0 Å². The van der Waals surface area contributed by atoms with Crippen molar-refractivity contribution in [1.82, 2.24) is 14.4 Å². The molecule has 0 bridgehead atoms. The molecule has 2 heterocycles. The number of hydrogen-bond donors (Lipinski definition) is 1. The van der Waals surface area contributed by atoms with Crippen molar-refractivity contribution >= 4 is 11.6 Å². The Morgan fingerprint density at radius 3 is 2.39 bits per heavy atom. The summed E-state index contributed by atoms with van der Waals surface area (Å²) in [4.78, 5) is 19.8. The predicted molar refractivity (Wildman–Crippen MR) is 79.2 cm³/mol. The lowest BCUT2D eigenvalue weighted by Crippen LogP contribution is -2.19. The van der Waals surface area contributed by atoms with Crippen molar-refractivity contribution in [2.24, 2.45) is 0 Å². The molecule has 0 spiro atoms. The van der Waals surface area contributed by atoms with Crippen molar-refractivity contribution in [1.29, 1.82) is 0 Å². The van der Waals surface area contributed by atoms with Gasteiger partial charge in [-0.15, -0.1) is 0 Å². The first kappa shape index (κ1) is 15.0. The largest absolute Gasteiger partial charge is 0.433 e. The van der Waals surface area contributed by atoms with E-state index < -0.39 is 17.4 Å². The van der Waals surface area contributed by atoms with Gasteiger partial charge in [0.25, 0.3) is 5.56 Å². The monoisotopic (exact) mass is 320 g/mol. The zero-order chi connectivity index (χ0) is 16.6. The Kier molecular flexibility index (Phi) is 3.51. The van der Waals surface area contributed by atoms with Crippen LogP contribution in [0, 0.1) is 0 Å². The molecular formula is C15H11F3N4O. The van der Waals surface area contributed by atoms with Crippen molar-refractivity contribution in [3.63, 3.8) is 0 Å². The third kappa shape index (κ3) is 2.63. The van der Waals surface area contributed by atoms with E-state index in [-0.39, 0.29) is 17.2 Å². The Morgan fingerprint density at radius 1 is 1.09 bits per heavy atom. The summed E-state index contributed by atoms with van der Waals surface area (Å²) >= 11 is 0. The van der Waals surface area contributed by atoms with Crippen LogP contribution in [-0.4, -0.2) is 21.4 Å². The summed E-state index contributed by atoms with van der Waals surface area (Å²) in [5.41, 5.74) is -1.34. The lowest BCUT2D eigenvalue weighted by Gasteiger charge is -2.13. The molecule has 23 heavy (non-hydrogen) atoms. The lowest BCUT2D eigenvalue weighted by molar-refractivity contribution is -0.141. The van der Waals surface area contributed by atoms with E-state index in [1.807, 2.05) is 0 Å². The Morgan fingerprint density at radius 2 is 1.78 bits per heavy atom. The van der Waals surface area contributed by atoms with E-state index in [0.29, 0.717) is 5.56 Å². The van der Waals surface area contributed by atoms with Crippen LogP contribution in [0.5, 0.6) is 0 Å². The van der Waals surface area contributed by atoms with Gasteiger partial charge in [0.15, 0.2) is 5.65 Å². The summed E-state index contributed by atoms with van der Waals surface area (Å²) < 4.78 is 40.2. The van der Waals surface area contributed by atoms with Crippen molar-refractivity contribution in [3.8, 4) is 11.1 Å². The molecule has 8 heteroatoms. The van der Waals surface area contributed by atoms with Gasteiger partial charge in [-0.1, -0.05) is 30.3 Å². The van der Waals surface area contributed by atoms with E-state index in [1.165, 1.54) is 17.6 Å². The van der Waals surface area contributed by atoms with Crippen molar-refractivity contribution in [2.45, 2.75) is 6.18 Å². The van der Waals surface area contributed by atoms with E-state index in [1.54, 1.807) is 30.3 Å². The number of aromatic nitrogens is 3. The molecule has 0 aliphatic carbocycles. The molecule has 5 nitrogen and oxygen atoms in total. The molecule has 0 atom stereocenters. The van der Waals surface area contributed by atoms with Crippen molar-refractivity contribution in [2.75, 3.05) is 12.4 Å². The highest BCUT2D eigenvalue weighted by atomic mass is 19.4. The number of benzene rings is 1. The van der Waals surface area contributed by atoms with Crippen LogP contribution in [0.3, 0.4) is 0 Å². The summed E-state index contributed by atoms with van der Waals surface area (Å²) in [7, 11) is 1.52. The van der Waals surface area contributed by atoms with Crippen molar-refractivity contribution in [3.05, 3.63) is 58.6 Å². The number of fused-ring (bicyclic) bond motifs is 1. The van der Waals surface area contributed by atoms with Gasteiger partial charge in [-0.3, -0.25) is 9.20 Å². The molecule has 0 aliphatic rings. The van der Waals surface area contributed by atoms with Gasteiger partial charge in [0.05, 0.1) is 5.56 Å². The van der Waals surface area contributed by atoms with Gasteiger partial charge in [-0.25, -0.2) is 4.98 Å². The predicted octanol–water partition coefficient (Wildman–Crippen LogP) is 2.82. The molecule has 3 rings (SSSR count). The smallest absolute Gasteiger partial charge is 0.358 e. The third-order valence-electron chi connectivity index (χ3n) is 3.29. The minimum absolute atomic E-state index is 0.0238. The van der Waals surface area contributed by atoms with Crippen LogP contribution < -0.4 is 10.9 Å². The molecule has 0 aliphatic heterocycles. The maximum atomic E-state index is 13.0. The Bertz CT molecular complexity index is 920. The molecule has 0 radical (unpaired) electrons. The molecule has 0 unspecified atom stereocenters. The second kappa shape index (κ2) is 5.38. The topological polar surface area (TPSA) is 59.3 Å². The van der Waals surface area contributed by atoms with Crippen LogP contribution in [0.1, 0.15) is 5.69 Å². The van der Waals surface area contributed by atoms with E-state index >= 15 is 0 Å². The molecule has 2 aromatic heterocycles. The Hall–Kier alpha value is -2.90. The first-order valence-electron chi connectivity index (χ1n) is 6.65. The normalized spacial score (nSPS) is 11.7. The fraction of sp³-hybridized carbons (Fsp3) is 0.133. The Labute approximate surface area is 128 Å². The minimum atomic E-state index is -4.60. The van der Waals surface area contributed by atoms with E-state index in [0.717, 1.165) is 6.07 Å². The first-order chi connectivity index (χ1) is 10.9. The average Bonchev–Trinajstić information content (AvgIpc) is 2.53. The third-order valence-corrected chi connectivity index (χ3v) is 3.29. The van der Waals surface area contributed by atoms with Crippen LogP contribution in [0.25, 0.3) is 16.8 Å². The van der Waals surface area contributed by atoms with Gasteiger partial charge in [0, 0.05) is 13.2 Å². The molecule has 0 saturated heterocycles. The average molecular weight is 320 g/mol. The van der Waals surface area contributed by atoms with E-state index in [2.05, 4.69) is 15.3 Å². The number of halogens is 3.